The number of fused-ring (bicyclic) bond motifs is 2. The first kappa shape index (κ1) is 13.6. The van der Waals surface area contributed by atoms with E-state index in [-0.39, 0.29) is 5.75 Å². The number of ether oxygens (including phenoxy) is 1. The Morgan fingerprint density at radius 3 is 2.74 bits per heavy atom. The molecule has 0 aliphatic rings. The van der Waals surface area contributed by atoms with Gasteiger partial charge in [0.15, 0.2) is 11.6 Å². The second-order valence-electron chi connectivity index (χ2n) is 5.31. The van der Waals surface area contributed by atoms with Gasteiger partial charge < -0.3 is 4.74 Å². The average molecular weight is 308 g/mol. The number of aromatic nitrogens is 4. The number of methoxy groups -OCH3 is 1. The Labute approximate surface area is 131 Å². The maximum atomic E-state index is 13.9. The van der Waals surface area contributed by atoms with Crippen LogP contribution < -0.4 is 4.74 Å². The van der Waals surface area contributed by atoms with Crippen molar-refractivity contribution in [1.82, 2.24) is 19.7 Å². The normalized spacial score (nSPS) is 11.3. The van der Waals surface area contributed by atoms with Crippen LogP contribution in [0.3, 0.4) is 0 Å². The molecule has 4 rings (SSSR count). The summed E-state index contributed by atoms with van der Waals surface area (Å²) in [6.45, 7) is 0. The lowest BCUT2D eigenvalue weighted by atomic mass is 10.1. The molecule has 0 saturated carbocycles. The van der Waals surface area contributed by atoms with Gasteiger partial charge in [-0.25, -0.2) is 9.37 Å². The number of aryl methyl sites for hydroxylation is 1. The number of halogens is 1. The molecule has 0 saturated heterocycles. The summed E-state index contributed by atoms with van der Waals surface area (Å²) in [4.78, 5) is 9.02. The second kappa shape index (κ2) is 5.01. The Kier molecular flexibility index (Phi) is 2.97. The standard InChI is InChI=1S/C17H13FN4O/c1-22-9-11-6-14-15(7-13(11)21-22)20-16(8-19-14)10-3-4-17(23-2)12(18)5-10/h3-9H,1-2H3. The monoisotopic (exact) mass is 308 g/mol. The Morgan fingerprint density at radius 2 is 1.96 bits per heavy atom. The number of hydrogen-bond acceptors (Lipinski definition) is 4. The molecule has 0 bridgehead atoms. The number of benzene rings is 2. The summed E-state index contributed by atoms with van der Waals surface area (Å²) in [5.74, 6) is -0.218. The van der Waals surface area contributed by atoms with Gasteiger partial charge in [-0.15, -0.1) is 0 Å². The van der Waals surface area contributed by atoms with E-state index < -0.39 is 5.82 Å². The van der Waals surface area contributed by atoms with Crippen LogP contribution in [0.15, 0.2) is 42.7 Å². The molecule has 2 heterocycles. The molecule has 0 amide bonds. The Hall–Kier alpha value is -3.02. The van der Waals surface area contributed by atoms with Gasteiger partial charge in [-0.05, 0) is 30.3 Å². The molecule has 2 aromatic heterocycles. The van der Waals surface area contributed by atoms with E-state index in [0.717, 1.165) is 21.9 Å². The third kappa shape index (κ3) is 2.28. The molecular formula is C17H13FN4O. The molecule has 0 atom stereocenters. The highest BCUT2D eigenvalue weighted by molar-refractivity contribution is 5.93. The lowest BCUT2D eigenvalue weighted by Crippen LogP contribution is -1.92. The minimum atomic E-state index is -0.424. The number of rotatable bonds is 2. The van der Waals surface area contributed by atoms with Crippen molar-refractivity contribution in [2.75, 3.05) is 7.11 Å². The van der Waals surface area contributed by atoms with Gasteiger partial charge in [-0.1, -0.05) is 0 Å². The average Bonchev–Trinajstić information content (AvgIpc) is 2.90. The van der Waals surface area contributed by atoms with Gasteiger partial charge in [0.05, 0.1) is 35.6 Å². The first-order valence-electron chi connectivity index (χ1n) is 7.08. The lowest BCUT2D eigenvalue weighted by Gasteiger charge is -2.05. The highest BCUT2D eigenvalue weighted by Crippen LogP contribution is 2.26. The van der Waals surface area contributed by atoms with Crippen LogP contribution in [0.1, 0.15) is 0 Å². The topological polar surface area (TPSA) is 52.8 Å². The predicted molar refractivity (Wildman–Crippen MR) is 85.8 cm³/mol. The number of nitrogens with zero attached hydrogens (tertiary/aromatic N) is 4. The van der Waals surface area contributed by atoms with E-state index in [1.165, 1.54) is 13.2 Å². The van der Waals surface area contributed by atoms with Crippen molar-refractivity contribution in [2.45, 2.75) is 0 Å². The summed E-state index contributed by atoms with van der Waals surface area (Å²) in [7, 11) is 3.31. The van der Waals surface area contributed by atoms with Crippen LogP contribution in [0.4, 0.5) is 4.39 Å². The van der Waals surface area contributed by atoms with Crippen molar-refractivity contribution in [3.63, 3.8) is 0 Å². The molecule has 0 aliphatic carbocycles. The third-order valence-corrected chi connectivity index (χ3v) is 3.73. The van der Waals surface area contributed by atoms with Crippen LogP contribution in [0.5, 0.6) is 5.75 Å². The summed E-state index contributed by atoms with van der Waals surface area (Å²) in [6.07, 6.45) is 3.58. The summed E-state index contributed by atoms with van der Waals surface area (Å²) < 4.78 is 20.6. The maximum absolute atomic E-state index is 13.9. The molecular weight excluding hydrogens is 295 g/mol. The third-order valence-electron chi connectivity index (χ3n) is 3.73. The molecule has 2 aromatic carbocycles. The largest absolute Gasteiger partial charge is 0.494 e. The molecule has 5 nitrogen and oxygen atoms in total. The van der Waals surface area contributed by atoms with Crippen LogP contribution >= 0.6 is 0 Å². The Balaban J connectivity index is 1.87. The van der Waals surface area contributed by atoms with Gasteiger partial charge in [-0.3, -0.25) is 9.67 Å². The van der Waals surface area contributed by atoms with Gasteiger partial charge in [0.1, 0.15) is 0 Å². The summed E-state index contributed by atoms with van der Waals surface area (Å²) in [6, 6.07) is 8.58. The van der Waals surface area contributed by atoms with E-state index in [9.17, 15) is 4.39 Å². The fourth-order valence-electron chi connectivity index (χ4n) is 2.62. The van der Waals surface area contributed by atoms with Crippen molar-refractivity contribution >= 4 is 21.9 Å². The van der Waals surface area contributed by atoms with Crippen LogP contribution in [0.2, 0.25) is 0 Å². The molecule has 0 radical (unpaired) electrons. The second-order valence-corrected chi connectivity index (χ2v) is 5.31. The minimum Gasteiger partial charge on any atom is -0.494 e. The Bertz CT molecular complexity index is 1040. The first-order chi connectivity index (χ1) is 11.1. The predicted octanol–water partition coefficient (Wildman–Crippen LogP) is 3.33. The van der Waals surface area contributed by atoms with Crippen molar-refractivity contribution in [1.29, 1.82) is 0 Å². The molecule has 114 valence electrons. The molecule has 6 heteroatoms. The lowest BCUT2D eigenvalue weighted by molar-refractivity contribution is 0.386. The van der Waals surface area contributed by atoms with Gasteiger partial charge in [0, 0.05) is 24.2 Å². The van der Waals surface area contributed by atoms with E-state index in [0.29, 0.717) is 11.3 Å². The Morgan fingerprint density at radius 1 is 1.09 bits per heavy atom. The molecule has 23 heavy (non-hydrogen) atoms. The number of hydrogen-bond donors (Lipinski definition) is 0. The maximum Gasteiger partial charge on any atom is 0.165 e. The fraction of sp³-hybridized carbons (Fsp3) is 0.118. The summed E-state index contributed by atoms with van der Waals surface area (Å²) in [5, 5.41) is 5.39. The molecule has 0 N–H and O–H groups in total. The van der Waals surface area contributed by atoms with E-state index in [1.54, 1.807) is 23.0 Å². The fourth-order valence-corrected chi connectivity index (χ4v) is 2.62. The van der Waals surface area contributed by atoms with Crippen molar-refractivity contribution in [2.24, 2.45) is 7.05 Å². The summed E-state index contributed by atoms with van der Waals surface area (Å²) in [5.41, 5.74) is 3.62. The molecule has 0 spiro atoms. The van der Waals surface area contributed by atoms with Crippen molar-refractivity contribution in [3.8, 4) is 17.0 Å². The summed E-state index contributed by atoms with van der Waals surface area (Å²) >= 11 is 0. The van der Waals surface area contributed by atoms with Gasteiger partial charge >= 0.3 is 0 Å². The minimum absolute atomic E-state index is 0.206. The first-order valence-corrected chi connectivity index (χ1v) is 7.08. The van der Waals surface area contributed by atoms with E-state index >= 15 is 0 Å². The van der Waals surface area contributed by atoms with E-state index in [2.05, 4.69) is 15.1 Å². The molecule has 0 aliphatic heterocycles. The van der Waals surface area contributed by atoms with Crippen LogP contribution in [-0.4, -0.2) is 26.9 Å². The van der Waals surface area contributed by atoms with E-state index in [1.807, 2.05) is 25.4 Å². The van der Waals surface area contributed by atoms with Crippen LogP contribution in [0, 0.1) is 5.82 Å². The zero-order valence-electron chi connectivity index (χ0n) is 12.6. The van der Waals surface area contributed by atoms with Gasteiger partial charge in [0.2, 0.25) is 0 Å². The molecule has 0 fully saturated rings. The smallest absolute Gasteiger partial charge is 0.165 e. The highest BCUT2D eigenvalue weighted by atomic mass is 19.1. The van der Waals surface area contributed by atoms with Gasteiger partial charge in [-0.2, -0.15) is 5.10 Å². The quantitative estimate of drug-likeness (QED) is 0.570. The van der Waals surface area contributed by atoms with Crippen molar-refractivity contribution < 1.29 is 9.13 Å². The van der Waals surface area contributed by atoms with E-state index in [4.69, 9.17) is 4.74 Å². The van der Waals surface area contributed by atoms with Crippen molar-refractivity contribution in [3.05, 3.63) is 48.5 Å². The molecule has 4 aromatic rings. The SMILES string of the molecule is COc1ccc(-c2cnc3cc4cn(C)nc4cc3n2)cc1F. The van der Waals surface area contributed by atoms with Crippen LogP contribution in [0.25, 0.3) is 33.2 Å². The zero-order chi connectivity index (χ0) is 16.0. The van der Waals surface area contributed by atoms with Crippen LogP contribution in [-0.2, 0) is 7.05 Å². The highest BCUT2D eigenvalue weighted by Gasteiger charge is 2.09. The van der Waals surface area contributed by atoms with Gasteiger partial charge in [0.25, 0.3) is 0 Å². The molecule has 0 unspecified atom stereocenters. The zero-order valence-corrected chi connectivity index (χ0v) is 12.6.